The molecule has 1 rings (SSSR count). The third-order valence-corrected chi connectivity index (χ3v) is 2.31. The predicted octanol–water partition coefficient (Wildman–Crippen LogP) is 1.13. The summed E-state index contributed by atoms with van der Waals surface area (Å²) in [6, 6.07) is 1.84. The Kier molecular flexibility index (Phi) is 3.07. The van der Waals surface area contributed by atoms with Crippen LogP contribution in [0.3, 0.4) is 0 Å². The van der Waals surface area contributed by atoms with Gasteiger partial charge in [-0.2, -0.15) is 0 Å². The fourth-order valence-corrected chi connectivity index (χ4v) is 1.35. The molecule has 0 amide bonds. The average Bonchev–Trinajstić information content (AvgIpc) is 1.97. The first-order valence-electron chi connectivity index (χ1n) is 3.10. The Morgan fingerprint density at radius 1 is 1.73 bits per heavy atom. The average molecular weight is 265 g/mol. The van der Waals surface area contributed by atoms with E-state index in [-0.39, 0.29) is 5.56 Å². The lowest BCUT2D eigenvalue weighted by Crippen LogP contribution is -2.14. The molecule has 4 heteroatoms. The van der Waals surface area contributed by atoms with Crippen LogP contribution in [0.25, 0.3) is 0 Å². The zero-order chi connectivity index (χ0) is 8.27. The Morgan fingerprint density at radius 2 is 2.45 bits per heavy atom. The molecule has 0 aromatic carbocycles. The number of aromatic amines is 1. The van der Waals surface area contributed by atoms with Crippen molar-refractivity contribution in [2.45, 2.75) is 6.61 Å². The number of rotatable bonds is 2. The molecule has 0 aliphatic heterocycles. The zero-order valence-corrected chi connectivity index (χ0v) is 8.21. The van der Waals surface area contributed by atoms with Crippen molar-refractivity contribution in [3.8, 4) is 0 Å². The number of hydrogen-bond acceptors (Lipinski definition) is 2. The van der Waals surface area contributed by atoms with E-state index >= 15 is 0 Å². The van der Waals surface area contributed by atoms with Gasteiger partial charge in [0.2, 0.25) is 0 Å². The van der Waals surface area contributed by atoms with Crippen molar-refractivity contribution in [1.82, 2.24) is 4.98 Å². The van der Waals surface area contributed by atoms with Gasteiger partial charge in [-0.3, -0.25) is 4.79 Å². The number of hydrogen-bond donors (Lipinski definition) is 1. The Labute approximate surface area is 77.9 Å². The quantitative estimate of drug-likeness (QED) is 0.814. The lowest BCUT2D eigenvalue weighted by Gasteiger charge is -1.99. The smallest absolute Gasteiger partial charge is 0.254 e. The van der Waals surface area contributed by atoms with Crippen molar-refractivity contribution in [2.24, 2.45) is 0 Å². The molecule has 0 aliphatic rings. The van der Waals surface area contributed by atoms with E-state index in [0.29, 0.717) is 12.2 Å². The second kappa shape index (κ2) is 3.87. The number of aromatic nitrogens is 1. The molecule has 0 atom stereocenters. The molecular formula is C7H8INO2. The van der Waals surface area contributed by atoms with E-state index in [0.717, 1.165) is 3.57 Å². The van der Waals surface area contributed by atoms with E-state index in [1.165, 1.54) is 0 Å². The summed E-state index contributed by atoms with van der Waals surface area (Å²) < 4.78 is 5.80. The third-order valence-electron chi connectivity index (χ3n) is 1.30. The lowest BCUT2D eigenvalue weighted by atomic mass is 10.3. The van der Waals surface area contributed by atoms with Crippen LogP contribution in [-0.2, 0) is 11.3 Å². The molecule has 0 saturated carbocycles. The summed E-state index contributed by atoms with van der Waals surface area (Å²) in [4.78, 5) is 13.7. The standard InChI is InChI=1S/C7H8INO2/c1-11-4-5-6(8)2-3-9-7(5)10/h2-3H,4H2,1H3,(H,9,10). The number of methoxy groups -OCH3 is 1. The van der Waals surface area contributed by atoms with Gasteiger partial charge in [-0.05, 0) is 28.7 Å². The van der Waals surface area contributed by atoms with Crippen LogP contribution in [0, 0.1) is 3.57 Å². The normalized spacial score (nSPS) is 10.0. The van der Waals surface area contributed by atoms with Crippen LogP contribution in [0.2, 0.25) is 0 Å². The summed E-state index contributed by atoms with van der Waals surface area (Å²) in [5.41, 5.74) is 0.620. The van der Waals surface area contributed by atoms with Crippen molar-refractivity contribution >= 4 is 22.6 Å². The summed E-state index contributed by atoms with van der Waals surface area (Å²) in [7, 11) is 1.57. The molecule has 1 aromatic rings. The monoisotopic (exact) mass is 265 g/mol. The van der Waals surface area contributed by atoms with Crippen LogP contribution < -0.4 is 5.56 Å². The molecule has 60 valence electrons. The van der Waals surface area contributed by atoms with Crippen molar-refractivity contribution in [2.75, 3.05) is 7.11 Å². The highest BCUT2D eigenvalue weighted by Crippen LogP contribution is 2.06. The van der Waals surface area contributed by atoms with Gasteiger partial charge >= 0.3 is 0 Å². The summed E-state index contributed by atoms with van der Waals surface area (Å²) >= 11 is 2.11. The zero-order valence-electron chi connectivity index (χ0n) is 6.06. The van der Waals surface area contributed by atoms with Gasteiger partial charge in [0, 0.05) is 16.9 Å². The SMILES string of the molecule is COCc1c(I)cc[nH]c1=O. The highest BCUT2D eigenvalue weighted by molar-refractivity contribution is 14.1. The van der Waals surface area contributed by atoms with Crippen molar-refractivity contribution < 1.29 is 4.74 Å². The van der Waals surface area contributed by atoms with Crippen molar-refractivity contribution in [1.29, 1.82) is 0 Å². The van der Waals surface area contributed by atoms with E-state index in [2.05, 4.69) is 27.6 Å². The second-order valence-corrected chi connectivity index (χ2v) is 3.23. The van der Waals surface area contributed by atoms with E-state index in [1.54, 1.807) is 13.3 Å². The first-order chi connectivity index (χ1) is 5.25. The molecule has 11 heavy (non-hydrogen) atoms. The molecule has 0 bridgehead atoms. The number of pyridine rings is 1. The van der Waals surface area contributed by atoms with Gasteiger partial charge in [0.05, 0.1) is 12.2 Å². The minimum absolute atomic E-state index is 0.0706. The Hall–Kier alpha value is -0.360. The van der Waals surface area contributed by atoms with Crippen LogP contribution in [0.15, 0.2) is 17.1 Å². The topological polar surface area (TPSA) is 42.1 Å². The lowest BCUT2D eigenvalue weighted by molar-refractivity contribution is 0.183. The van der Waals surface area contributed by atoms with E-state index in [1.807, 2.05) is 6.07 Å². The summed E-state index contributed by atoms with van der Waals surface area (Å²) in [6.07, 6.45) is 1.63. The van der Waals surface area contributed by atoms with Crippen LogP contribution in [-0.4, -0.2) is 12.1 Å². The molecule has 0 unspecified atom stereocenters. The second-order valence-electron chi connectivity index (χ2n) is 2.07. The van der Waals surface area contributed by atoms with Gasteiger partial charge in [-0.15, -0.1) is 0 Å². The van der Waals surface area contributed by atoms with E-state index in [9.17, 15) is 4.79 Å². The van der Waals surface area contributed by atoms with Gasteiger partial charge in [0.15, 0.2) is 0 Å². The molecule has 0 aliphatic carbocycles. The highest BCUT2D eigenvalue weighted by atomic mass is 127. The molecule has 1 aromatic heterocycles. The van der Waals surface area contributed by atoms with E-state index < -0.39 is 0 Å². The summed E-state index contributed by atoms with van der Waals surface area (Å²) in [5.74, 6) is 0. The van der Waals surface area contributed by atoms with Gasteiger partial charge in [-0.25, -0.2) is 0 Å². The van der Waals surface area contributed by atoms with Crippen LogP contribution in [0.5, 0.6) is 0 Å². The molecule has 3 nitrogen and oxygen atoms in total. The maximum atomic E-state index is 11.1. The summed E-state index contributed by atoms with van der Waals surface area (Å²) in [6.45, 7) is 0.369. The maximum Gasteiger partial charge on any atom is 0.254 e. The molecular weight excluding hydrogens is 257 g/mol. The minimum Gasteiger partial charge on any atom is -0.380 e. The fourth-order valence-electron chi connectivity index (χ4n) is 0.766. The number of nitrogens with one attached hydrogen (secondary N) is 1. The van der Waals surface area contributed by atoms with Crippen LogP contribution in [0.4, 0.5) is 0 Å². The number of ether oxygens (including phenoxy) is 1. The van der Waals surface area contributed by atoms with Gasteiger partial charge in [0.1, 0.15) is 0 Å². The first-order valence-corrected chi connectivity index (χ1v) is 4.18. The van der Waals surface area contributed by atoms with Crippen molar-refractivity contribution in [3.63, 3.8) is 0 Å². The van der Waals surface area contributed by atoms with Gasteiger partial charge in [0.25, 0.3) is 5.56 Å². The molecule has 1 heterocycles. The Balaban J connectivity index is 3.10. The van der Waals surface area contributed by atoms with Crippen molar-refractivity contribution in [3.05, 3.63) is 31.8 Å². The largest absolute Gasteiger partial charge is 0.380 e. The predicted molar refractivity (Wildman–Crippen MR) is 50.5 cm³/mol. The van der Waals surface area contributed by atoms with E-state index in [4.69, 9.17) is 4.74 Å². The minimum atomic E-state index is -0.0706. The fraction of sp³-hybridized carbons (Fsp3) is 0.286. The Bertz CT molecular complexity index is 295. The highest BCUT2D eigenvalue weighted by Gasteiger charge is 2.02. The molecule has 1 N–H and O–H groups in total. The number of H-pyrrole nitrogens is 1. The molecule has 0 fully saturated rings. The van der Waals surface area contributed by atoms with Crippen LogP contribution >= 0.6 is 22.6 Å². The Morgan fingerprint density at radius 3 is 3.00 bits per heavy atom. The molecule has 0 radical (unpaired) electrons. The third kappa shape index (κ3) is 2.03. The molecule has 0 saturated heterocycles. The van der Waals surface area contributed by atoms with Gasteiger partial charge in [-0.1, -0.05) is 0 Å². The van der Waals surface area contributed by atoms with Gasteiger partial charge < -0.3 is 9.72 Å². The summed E-state index contributed by atoms with van der Waals surface area (Å²) in [5, 5.41) is 0. The first kappa shape index (κ1) is 8.73. The maximum absolute atomic E-state index is 11.1. The molecule has 0 spiro atoms. The van der Waals surface area contributed by atoms with Crippen LogP contribution in [0.1, 0.15) is 5.56 Å². The number of halogens is 1.